The quantitative estimate of drug-likeness (QED) is 0.704. The van der Waals surface area contributed by atoms with Gasteiger partial charge in [-0.3, -0.25) is 4.79 Å². The highest BCUT2D eigenvalue weighted by molar-refractivity contribution is 7.89. The van der Waals surface area contributed by atoms with Gasteiger partial charge >= 0.3 is 12.1 Å². The molecule has 1 fully saturated rings. The summed E-state index contributed by atoms with van der Waals surface area (Å²) in [4.78, 5) is 11.4. The van der Waals surface area contributed by atoms with Crippen molar-refractivity contribution < 1.29 is 31.1 Å². The summed E-state index contributed by atoms with van der Waals surface area (Å²) >= 11 is 0. The van der Waals surface area contributed by atoms with Gasteiger partial charge < -0.3 is 4.74 Å². The van der Waals surface area contributed by atoms with Crippen molar-refractivity contribution in [1.29, 1.82) is 0 Å². The smallest absolute Gasteiger partial charge is 0.416 e. The maximum atomic E-state index is 13.3. The molecule has 0 unspecified atom stereocenters. The van der Waals surface area contributed by atoms with Crippen LogP contribution in [0.4, 0.5) is 13.2 Å². The minimum atomic E-state index is -4.55. The molecule has 4 rings (SSSR count). The van der Waals surface area contributed by atoms with E-state index in [-0.39, 0.29) is 23.8 Å². The van der Waals surface area contributed by atoms with Gasteiger partial charge in [0.25, 0.3) is 0 Å². The number of fused-ring (bicyclic) bond motifs is 1. The van der Waals surface area contributed by atoms with Crippen LogP contribution in [-0.4, -0.2) is 31.3 Å². The molecule has 0 amide bonds. The van der Waals surface area contributed by atoms with Crippen LogP contribution in [0.1, 0.15) is 35.6 Å². The van der Waals surface area contributed by atoms with E-state index in [0.29, 0.717) is 12.8 Å². The first kappa shape index (κ1) is 19.9. The summed E-state index contributed by atoms with van der Waals surface area (Å²) in [5, 5.41) is 0. The van der Waals surface area contributed by atoms with E-state index in [1.807, 2.05) is 12.1 Å². The molecule has 2 aliphatic heterocycles. The standard InChI is InChI=1S/C20H18F3NO4S/c21-20(22,23)14-5-7-15(8-6-14)29(26,27)24-12-11-13-3-1-2-4-16(13)19(24)17-9-10-18(25)28-17/h1-8,17,19H,9-12H2/t17-,19-/m0/s1. The van der Waals surface area contributed by atoms with Gasteiger partial charge in [0.05, 0.1) is 16.5 Å². The van der Waals surface area contributed by atoms with Crippen molar-refractivity contribution in [2.24, 2.45) is 0 Å². The van der Waals surface area contributed by atoms with Crippen LogP contribution in [0.15, 0.2) is 53.4 Å². The van der Waals surface area contributed by atoms with Gasteiger partial charge in [-0.05, 0) is 48.2 Å². The zero-order chi connectivity index (χ0) is 20.8. The number of hydrogen-bond acceptors (Lipinski definition) is 4. The highest BCUT2D eigenvalue weighted by Crippen LogP contribution is 2.40. The van der Waals surface area contributed by atoms with Crippen molar-refractivity contribution in [2.45, 2.75) is 42.5 Å². The number of sulfonamides is 1. The molecule has 0 N–H and O–H groups in total. The average molecular weight is 425 g/mol. The second-order valence-corrected chi connectivity index (χ2v) is 8.99. The van der Waals surface area contributed by atoms with Gasteiger partial charge in [-0.2, -0.15) is 17.5 Å². The van der Waals surface area contributed by atoms with Crippen molar-refractivity contribution in [3.63, 3.8) is 0 Å². The minimum absolute atomic E-state index is 0.152. The molecule has 0 aliphatic carbocycles. The second-order valence-electron chi connectivity index (χ2n) is 7.10. The average Bonchev–Trinajstić information content (AvgIpc) is 3.12. The number of ether oxygens (including phenoxy) is 1. The maximum absolute atomic E-state index is 13.3. The highest BCUT2D eigenvalue weighted by Gasteiger charge is 2.44. The summed E-state index contributed by atoms with van der Waals surface area (Å²) in [5.74, 6) is -0.384. The number of alkyl halides is 3. The summed E-state index contributed by atoms with van der Waals surface area (Å²) in [6.07, 6.45) is -4.12. The van der Waals surface area contributed by atoms with Crippen LogP contribution in [0.25, 0.3) is 0 Å². The van der Waals surface area contributed by atoms with E-state index < -0.39 is 33.9 Å². The van der Waals surface area contributed by atoms with Crippen molar-refractivity contribution in [2.75, 3.05) is 6.54 Å². The lowest BCUT2D eigenvalue weighted by Crippen LogP contribution is -2.45. The highest BCUT2D eigenvalue weighted by atomic mass is 32.2. The summed E-state index contributed by atoms with van der Waals surface area (Å²) in [7, 11) is -4.10. The molecule has 29 heavy (non-hydrogen) atoms. The molecule has 0 saturated carbocycles. The van der Waals surface area contributed by atoms with E-state index in [2.05, 4.69) is 0 Å². The van der Waals surface area contributed by atoms with Gasteiger partial charge in [0.1, 0.15) is 6.10 Å². The van der Waals surface area contributed by atoms with E-state index in [1.54, 1.807) is 12.1 Å². The van der Waals surface area contributed by atoms with Crippen LogP contribution in [0.5, 0.6) is 0 Å². The largest absolute Gasteiger partial charge is 0.460 e. The maximum Gasteiger partial charge on any atom is 0.416 e. The molecule has 0 bridgehead atoms. The number of rotatable bonds is 3. The first-order valence-corrected chi connectivity index (χ1v) is 10.6. The van der Waals surface area contributed by atoms with Gasteiger partial charge in [-0.1, -0.05) is 24.3 Å². The van der Waals surface area contributed by atoms with Gasteiger partial charge in [-0.25, -0.2) is 8.42 Å². The fourth-order valence-electron chi connectivity index (χ4n) is 3.95. The molecule has 0 spiro atoms. The third-order valence-electron chi connectivity index (χ3n) is 5.34. The lowest BCUT2D eigenvalue weighted by Gasteiger charge is -2.38. The van der Waals surface area contributed by atoms with E-state index in [9.17, 15) is 26.4 Å². The molecule has 2 aromatic carbocycles. The number of nitrogens with zero attached hydrogens (tertiary/aromatic N) is 1. The number of halogens is 3. The van der Waals surface area contributed by atoms with Crippen LogP contribution >= 0.6 is 0 Å². The van der Waals surface area contributed by atoms with Crippen LogP contribution in [0.2, 0.25) is 0 Å². The number of carbonyl (C=O) groups excluding carboxylic acids is 1. The number of hydrogen-bond donors (Lipinski definition) is 0. The zero-order valence-corrected chi connectivity index (χ0v) is 16.0. The van der Waals surface area contributed by atoms with E-state index in [0.717, 1.165) is 35.4 Å². The number of cyclic esters (lactones) is 1. The van der Waals surface area contributed by atoms with E-state index >= 15 is 0 Å². The Labute approximate surface area is 166 Å². The summed E-state index contributed by atoms with van der Waals surface area (Å²) in [5.41, 5.74) is 0.815. The molecular weight excluding hydrogens is 407 g/mol. The first-order chi connectivity index (χ1) is 13.7. The molecule has 9 heteroatoms. The SMILES string of the molecule is O=C1CC[C@@H]([C@@H]2c3ccccc3CCN2S(=O)(=O)c2ccc(C(F)(F)F)cc2)O1. The van der Waals surface area contributed by atoms with Crippen molar-refractivity contribution >= 4 is 16.0 Å². The molecule has 154 valence electrons. The Bertz CT molecular complexity index is 1030. The first-order valence-electron chi connectivity index (χ1n) is 9.14. The number of carbonyl (C=O) groups is 1. The number of esters is 1. The minimum Gasteiger partial charge on any atom is -0.460 e. The molecule has 2 atom stereocenters. The van der Waals surface area contributed by atoms with Gasteiger partial charge in [0.2, 0.25) is 10.0 Å². The topological polar surface area (TPSA) is 63.7 Å². The Kier molecular flexibility index (Phi) is 4.90. The Morgan fingerprint density at radius 2 is 1.69 bits per heavy atom. The Morgan fingerprint density at radius 1 is 1.00 bits per heavy atom. The van der Waals surface area contributed by atoms with Gasteiger partial charge in [0, 0.05) is 13.0 Å². The van der Waals surface area contributed by atoms with E-state index in [4.69, 9.17) is 4.74 Å². The van der Waals surface area contributed by atoms with Crippen LogP contribution < -0.4 is 0 Å². The molecule has 2 aliphatic rings. The molecular formula is C20H18F3NO4S. The van der Waals surface area contributed by atoms with Gasteiger partial charge in [0.15, 0.2) is 0 Å². The monoisotopic (exact) mass is 425 g/mol. The summed E-state index contributed by atoms with van der Waals surface area (Å²) < 4.78 is 71.8. The fraction of sp³-hybridized carbons (Fsp3) is 0.350. The van der Waals surface area contributed by atoms with Crippen molar-refractivity contribution in [3.8, 4) is 0 Å². The zero-order valence-electron chi connectivity index (χ0n) is 15.2. The predicted octanol–water partition coefficient (Wildman–Crippen LogP) is 3.70. The van der Waals surface area contributed by atoms with Crippen LogP contribution in [-0.2, 0) is 32.2 Å². The normalized spacial score (nSPS) is 22.9. The molecule has 2 heterocycles. The summed E-state index contributed by atoms with van der Waals surface area (Å²) in [6.45, 7) is 0.152. The van der Waals surface area contributed by atoms with Crippen LogP contribution in [0.3, 0.4) is 0 Å². The van der Waals surface area contributed by atoms with Crippen molar-refractivity contribution in [3.05, 3.63) is 65.2 Å². The van der Waals surface area contributed by atoms with E-state index in [1.165, 1.54) is 4.31 Å². The molecule has 5 nitrogen and oxygen atoms in total. The third-order valence-corrected chi connectivity index (χ3v) is 7.24. The van der Waals surface area contributed by atoms with Crippen molar-refractivity contribution in [1.82, 2.24) is 4.31 Å². The predicted molar refractivity (Wildman–Crippen MR) is 97.3 cm³/mol. The Morgan fingerprint density at radius 3 is 2.31 bits per heavy atom. The molecule has 2 aromatic rings. The molecule has 1 saturated heterocycles. The van der Waals surface area contributed by atoms with Crippen LogP contribution in [0, 0.1) is 0 Å². The molecule has 0 aromatic heterocycles. The molecule has 0 radical (unpaired) electrons. The fourth-order valence-corrected chi connectivity index (χ4v) is 5.58. The Balaban J connectivity index is 1.74. The Hall–Kier alpha value is -2.39. The third kappa shape index (κ3) is 3.64. The lowest BCUT2D eigenvalue weighted by atomic mass is 9.90. The second kappa shape index (κ2) is 7.14. The number of benzene rings is 2. The lowest BCUT2D eigenvalue weighted by molar-refractivity contribution is -0.143. The summed E-state index contributed by atoms with van der Waals surface area (Å²) in [6, 6.07) is 10.1. The van der Waals surface area contributed by atoms with Gasteiger partial charge in [-0.15, -0.1) is 0 Å².